The zero-order valence-electron chi connectivity index (χ0n) is 17.3. The van der Waals surface area contributed by atoms with E-state index in [1.807, 2.05) is 63.1 Å². The van der Waals surface area contributed by atoms with Crippen LogP contribution in [0.25, 0.3) is 0 Å². The summed E-state index contributed by atoms with van der Waals surface area (Å²) in [7, 11) is 1.85. The summed E-state index contributed by atoms with van der Waals surface area (Å²) in [6.07, 6.45) is 0. The highest BCUT2D eigenvalue weighted by molar-refractivity contribution is 5.96. The number of rotatable bonds is 7. The van der Waals surface area contributed by atoms with Gasteiger partial charge in [-0.15, -0.1) is 0 Å². The molecule has 0 aromatic heterocycles. The van der Waals surface area contributed by atoms with Crippen molar-refractivity contribution in [2.24, 2.45) is 0 Å². The van der Waals surface area contributed by atoms with Crippen molar-refractivity contribution in [3.8, 4) is 11.5 Å². The summed E-state index contributed by atoms with van der Waals surface area (Å²) in [5, 5.41) is 5.56. The molecule has 7 nitrogen and oxygen atoms in total. The van der Waals surface area contributed by atoms with Crippen molar-refractivity contribution in [1.29, 1.82) is 0 Å². The molecule has 0 saturated heterocycles. The molecule has 0 saturated carbocycles. The molecule has 0 fully saturated rings. The number of amides is 2. The first-order chi connectivity index (χ1) is 13.8. The molecule has 0 unspecified atom stereocenters. The number of carbonyl (C=O) groups is 2. The van der Waals surface area contributed by atoms with E-state index in [4.69, 9.17) is 9.47 Å². The van der Waals surface area contributed by atoms with E-state index < -0.39 is 0 Å². The smallest absolute Gasteiger partial charge is 0.243 e. The largest absolute Gasteiger partial charge is 0.454 e. The van der Waals surface area contributed by atoms with Crippen LogP contribution < -0.4 is 20.1 Å². The van der Waals surface area contributed by atoms with Crippen LogP contribution in [0.4, 0.5) is 5.69 Å². The number of likely N-dealkylation sites (N-methyl/N-ethyl adjacent to an activating group) is 1. The Morgan fingerprint density at radius 3 is 2.41 bits per heavy atom. The van der Waals surface area contributed by atoms with Gasteiger partial charge in [0.25, 0.3) is 0 Å². The highest BCUT2D eigenvalue weighted by Crippen LogP contribution is 2.32. The van der Waals surface area contributed by atoms with Gasteiger partial charge in [0, 0.05) is 12.2 Å². The first kappa shape index (κ1) is 20.7. The van der Waals surface area contributed by atoms with Crippen molar-refractivity contribution in [1.82, 2.24) is 10.2 Å². The molecule has 1 aliphatic rings. The molecule has 1 heterocycles. The second kappa shape index (κ2) is 8.96. The summed E-state index contributed by atoms with van der Waals surface area (Å²) in [6.45, 7) is 6.87. The van der Waals surface area contributed by atoms with Gasteiger partial charge >= 0.3 is 0 Å². The van der Waals surface area contributed by atoms with E-state index in [0.717, 1.165) is 39.4 Å². The van der Waals surface area contributed by atoms with Crippen LogP contribution in [0.3, 0.4) is 0 Å². The lowest BCUT2D eigenvalue weighted by Crippen LogP contribution is -2.39. The van der Waals surface area contributed by atoms with Crippen LogP contribution in [0.1, 0.15) is 22.3 Å². The number of ether oxygens (including phenoxy) is 2. The topological polar surface area (TPSA) is 79.9 Å². The van der Waals surface area contributed by atoms with Crippen LogP contribution in [0.15, 0.2) is 30.3 Å². The number of anilines is 1. The molecule has 0 bridgehead atoms. The van der Waals surface area contributed by atoms with Crippen LogP contribution >= 0.6 is 0 Å². The fourth-order valence-corrected chi connectivity index (χ4v) is 3.45. The quantitative estimate of drug-likeness (QED) is 0.751. The number of hydrogen-bond acceptors (Lipinski definition) is 5. The summed E-state index contributed by atoms with van der Waals surface area (Å²) in [6, 6.07) is 9.77. The van der Waals surface area contributed by atoms with Crippen molar-refractivity contribution in [2.45, 2.75) is 27.3 Å². The Labute approximate surface area is 171 Å². The average molecular weight is 397 g/mol. The van der Waals surface area contributed by atoms with Crippen LogP contribution in [0.2, 0.25) is 0 Å². The number of benzene rings is 2. The molecule has 2 aromatic carbocycles. The molecule has 7 heteroatoms. The van der Waals surface area contributed by atoms with Gasteiger partial charge in [-0.2, -0.15) is 0 Å². The lowest BCUT2D eigenvalue weighted by atomic mass is 10.1. The minimum absolute atomic E-state index is 0.0660. The lowest BCUT2D eigenvalue weighted by molar-refractivity contribution is -0.124. The molecule has 0 aliphatic carbocycles. The normalized spacial score (nSPS) is 12.2. The molecule has 154 valence electrons. The highest BCUT2D eigenvalue weighted by Gasteiger charge is 2.15. The Bertz CT molecular complexity index is 903. The lowest BCUT2D eigenvalue weighted by Gasteiger charge is -2.17. The van der Waals surface area contributed by atoms with Crippen molar-refractivity contribution < 1.29 is 19.1 Å². The first-order valence-electron chi connectivity index (χ1n) is 9.53. The van der Waals surface area contributed by atoms with Gasteiger partial charge in [0.1, 0.15) is 0 Å². The van der Waals surface area contributed by atoms with E-state index in [1.165, 1.54) is 0 Å². The zero-order chi connectivity index (χ0) is 21.0. The maximum Gasteiger partial charge on any atom is 0.243 e. The molecule has 2 amide bonds. The second-order valence-corrected chi connectivity index (χ2v) is 7.46. The molecule has 1 aliphatic heterocycles. The Kier molecular flexibility index (Phi) is 6.39. The van der Waals surface area contributed by atoms with E-state index in [0.29, 0.717) is 6.54 Å². The fourth-order valence-electron chi connectivity index (χ4n) is 3.45. The predicted molar refractivity (Wildman–Crippen MR) is 111 cm³/mol. The van der Waals surface area contributed by atoms with Crippen molar-refractivity contribution in [2.75, 3.05) is 32.2 Å². The maximum absolute atomic E-state index is 12.2. The minimum Gasteiger partial charge on any atom is -0.454 e. The summed E-state index contributed by atoms with van der Waals surface area (Å²) in [5.74, 6) is 1.01. The third-order valence-electron chi connectivity index (χ3n) is 4.69. The molecule has 29 heavy (non-hydrogen) atoms. The zero-order valence-corrected chi connectivity index (χ0v) is 17.3. The molecule has 0 atom stereocenters. The van der Waals surface area contributed by atoms with E-state index in [1.54, 1.807) is 0 Å². The van der Waals surface area contributed by atoms with Gasteiger partial charge in [-0.25, -0.2) is 0 Å². The maximum atomic E-state index is 12.2. The molecule has 2 aromatic rings. The first-order valence-corrected chi connectivity index (χ1v) is 9.53. The van der Waals surface area contributed by atoms with E-state index in [2.05, 4.69) is 10.6 Å². The van der Waals surface area contributed by atoms with Crippen molar-refractivity contribution >= 4 is 17.5 Å². The standard InChI is InChI=1S/C22H27N3O4/c1-14-7-15(2)22(16(3)8-14)24-20(26)10-23-21(27)12-25(4)11-17-5-6-18-19(9-17)29-13-28-18/h5-9H,10-13H2,1-4H3,(H,23,27)(H,24,26). The van der Waals surface area contributed by atoms with Crippen LogP contribution in [-0.4, -0.2) is 43.6 Å². The number of hydrogen-bond donors (Lipinski definition) is 2. The van der Waals surface area contributed by atoms with Gasteiger partial charge in [0.05, 0.1) is 13.1 Å². The Balaban J connectivity index is 1.45. The summed E-state index contributed by atoms with van der Waals surface area (Å²) in [5.41, 5.74) is 4.98. The fraction of sp³-hybridized carbons (Fsp3) is 0.364. The monoisotopic (exact) mass is 397 g/mol. The van der Waals surface area contributed by atoms with Gasteiger partial charge in [-0.05, 0) is 56.6 Å². The van der Waals surface area contributed by atoms with Crippen LogP contribution in [0, 0.1) is 20.8 Å². The van der Waals surface area contributed by atoms with Crippen molar-refractivity contribution in [3.05, 3.63) is 52.6 Å². The number of nitrogens with zero attached hydrogens (tertiary/aromatic N) is 1. The van der Waals surface area contributed by atoms with E-state index >= 15 is 0 Å². The summed E-state index contributed by atoms with van der Waals surface area (Å²) in [4.78, 5) is 26.3. The van der Waals surface area contributed by atoms with Gasteiger partial charge < -0.3 is 20.1 Å². The third-order valence-corrected chi connectivity index (χ3v) is 4.69. The van der Waals surface area contributed by atoms with Gasteiger partial charge in [-0.1, -0.05) is 23.8 Å². The molecular formula is C22H27N3O4. The molecule has 3 rings (SSSR count). The van der Waals surface area contributed by atoms with Crippen LogP contribution in [0.5, 0.6) is 11.5 Å². The minimum atomic E-state index is -0.244. The molecular weight excluding hydrogens is 370 g/mol. The van der Waals surface area contributed by atoms with Gasteiger partial charge in [-0.3, -0.25) is 14.5 Å². The average Bonchev–Trinajstić information content (AvgIpc) is 3.10. The Morgan fingerprint density at radius 1 is 1.00 bits per heavy atom. The third kappa shape index (κ3) is 5.48. The predicted octanol–water partition coefficient (Wildman–Crippen LogP) is 2.53. The number of fused-ring (bicyclic) bond motifs is 1. The molecule has 2 N–H and O–H groups in total. The molecule has 0 spiro atoms. The molecule has 0 radical (unpaired) electrons. The van der Waals surface area contributed by atoms with Crippen LogP contribution in [-0.2, 0) is 16.1 Å². The SMILES string of the molecule is Cc1cc(C)c(NC(=O)CNC(=O)CN(C)Cc2ccc3c(c2)OCO3)c(C)c1. The highest BCUT2D eigenvalue weighted by atomic mass is 16.7. The number of nitrogens with one attached hydrogen (secondary N) is 2. The van der Waals surface area contributed by atoms with Gasteiger partial charge in [0.15, 0.2) is 11.5 Å². The van der Waals surface area contributed by atoms with Gasteiger partial charge in [0.2, 0.25) is 18.6 Å². The Morgan fingerprint density at radius 2 is 1.69 bits per heavy atom. The van der Waals surface area contributed by atoms with Crippen molar-refractivity contribution in [3.63, 3.8) is 0 Å². The summed E-state index contributed by atoms with van der Waals surface area (Å²) < 4.78 is 10.7. The number of aryl methyl sites for hydroxylation is 3. The number of carbonyl (C=O) groups excluding carboxylic acids is 2. The Hall–Kier alpha value is -3.06. The second-order valence-electron chi connectivity index (χ2n) is 7.46. The van der Waals surface area contributed by atoms with E-state index in [9.17, 15) is 9.59 Å². The van der Waals surface area contributed by atoms with E-state index in [-0.39, 0.29) is 31.7 Å². The summed E-state index contributed by atoms with van der Waals surface area (Å²) >= 11 is 0.